The first-order valence-electron chi connectivity index (χ1n) is 10.8. The van der Waals surface area contributed by atoms with Crippen molar-refractivity contribution in [1.82, 2.24) is 19.6 Å². The summed E-state index contributed by atoms with van der Waals surface area (Å²) in [5.41, 5.74) is 3.56. The van der Waals surface area contributed by atoms with Crippen LogP contribution in [0.15, 0.2) is 36.5 Å². The number of aromatic nitrogens is 4. The normalized spacial score (nSPS) is 11.1. The topological polar surface area (TPSA) is 59.7 Å². The fourth-order valence-electron chi connectivity index (χ4n) is 3.63. The lowest BCUT2D eigenvalue weighted by Crippen LogP contribution is -2.20. The van der Waals surface area contributed by atoms with Crippen molar-refractivity contribution in [3.8, 4) is 0 Å². The van der Waals surface area contributed by atoms with Gasteiger partial charge in [0.1, 0.15) is 0 Å². The minimum absolute atomic E-state index is 0.178. The predicted octanol–water partition coefficient (Wildman–Crippen LogP) is 5.61. The molecular weight excluding hydrogens is 499 g/mol. The number of hydrogen-bond donors (Lipinski definition) is 2. The SMILES string of the molecule is Cc1ccc(Cn2nc(C)c(NC(=S)Nc3ccn(Cc4c(F)c(F)c(F)c(F)c4F)n3)c2C)cc1. The summed E-state index contributed by atoms with van der Waals surface area (Å²) in [6, 6.07) is 9.58. The van der Waals surface area contributed by atoms with Crippen LogP contribution in [0.25, 0.3) is 0 Å². The Morgan fingerprint density at radius 3 is 2.06 bits per heavy atom. The molecule has 36 heavy (non-hydrogen) atoms. The van der Waals surface area contributed by atoms with Gasteiger partial charge in [0, 0.05) is 12.3 Å². The van der Waals surface area contributed by atoms with E-state index in [1.807, 2.05) is 49.7 Å². The molecule has 2 N–H and O–H groups in total. The van der Waals surface area contributed by atoms with E-state index in [0.29, 0.717) is 12.2 Å². The second-order valence-corrected chi connectivity index (χ2v) is 8.62. The van der Waals surface area contributed by atoms with Gasteiger partial charge in [0.25, 0.3) is 0 Å². The van der Waals surface area contributed by atoms with Gasteiger partial charge in [0.15, 0.2) is 34.2 Å². The van der Waals surface area contributed by atoms with Gasteiger partial charge in [-0.05, 0) is 38.6 Å². The van der Waals surface area contributed by atoms with Crippen molar-refractivity contribution < 1.29 is 22.0 Å². The average molecular weight is 521 g/mol. The van der Waals surface area contributed by atoms with Gasteiger partial charge in [-0.1, -0.05) is 29.8 Å². The van der Waals surface area contributed by atoms with Crippen molar-refractivity contribution in [2.24, 2.45) is 0 Å². The number of thiocarbonyl (C=S) groups is 1. The summed E-state index contributed by atoms with van der Waals surface area (Å²) in [6.45, 7) is 5.67. The highest BCUT2D eigenvalue weighted by Gasteiger charge is 2.26. The third-order valence-electron chi connectivity index (χ3n) is 5.58. The molecule has 0 aliphatic carbocycles. The molecule has 0 amide bonds. The van der Waals surface area contributed by atoms with Crippen LogP contribution in [0.2, 0.25) is 0 Å². The summed E-state index contributed by atoms with van der Waals surface area (Å²) >= 11 is 5.35. The molecule has 12 heteroatoms. The van der Waals surface area contributed by atoms with Crippen LogP contribution in [0, 0.1) is 49.9 Å². The molecule has 0 saturated carbocycles. The van der Waals surface area contributed by atoms with Gasteiger partial charge in [-0.2, -0.15) is 10.2 Å². The maximum atomic E-state index is 14.0. The molecule has 0 aliphatic heterocycles. The molecule has 0 fully saturated rings. The molecule has 188 valence electrons. The lowest BCUT2D eigenvalue weighted by molar-refractivity contribution is 0.367. The maximum absolute atomic E-state index is 14.0. The van der Waals surface area contributed by atoms with Gasteiger partial charge < -0.3 is 10.6 Å². The molecule has 2 heterocycles. The zero-order chi connectivity index (χ0) is 26.1. The Balaban J connectivity index is 1.44. The first-order chi connectivity index (χ1) is 17.0. The zero-order valence-electron chi connectivity index (χ0n) is 19.5. The van der Waals surface area contributed by atoms with Crippen LogP contribution >= 0.6 is 12.2 Å². The van der Waals surface area contributed by atoms with Crippen LogP contribution in [0.4, 0.5) is 33.5 Å². The fourth-order valence-corrected chi connectivity index (χ4v) is 3.83. The van der Waals surface area contributed by atoms with Crippen LogP contribution in [0.3, 0.4) is 0 Å². The second kappa shape index (κ2) is 10.1. The number of halogens is 5. The van der Waals surface area contributed by atoms with Crippen molar-refractivity contribution >= 4 is 28.8 Å². The lowest BCUT2D eigenvalue weighted by atomic mass is 10.1. The summed E-state index contributed by atoms with van der Waals surface area (Å²) in [6.07, 6.45) is 1.32. The first-order valence-corrected chi connectivity index (χ1v) is 11.2. The smallest absolute Gasteiger partial charge is 0.200 e. The Hall–Kier alpha value is -3.80. The quantitative estimate of drug-likeness (QED) is 0.150. The summed E-state index contributed by atoms with van der Waals surface area (Å²) in [5, 5.41) is 14.7. The van der Waals surface area contributed by atoms with Gasteiger partial charge in [-0.15, -0.1) is 0 Å². The average Bonchev–Trinajstić information content (AvgIpc) is 3.39. The van der Waals surface area contributed by atoms with E-state index in [2.05, 4.69) is 20.8 Å². The number of nitrogens with zero attached hydrogens (tertiary/aromatic N) is 4. The predicted molar refractivity (Wildman–Crippen MR) is 129 cm³/mol. The molecule has 4 aromatic rings. The molecule has 0 aliphatic rings. The summed E-state index contributed by atoms with van der Waals surface area (Å²) in [4.78, 5) is 0. The minimum Gasteiger partial charge on any atom is -0.329 e. The highest BCUT2D eigenvalue weighted by atomic mass is 32.1. The van der Waals surface area contributed by atoms with Crippen LogP contribution < -0.4 is 10.6 Å². The van der Waals surface area contributed by atoms with Crippen LogP contribution in [0.5, 0.6) is 0 Å². The highest BCUT2D eigenvalue weighted by Crippen LogP contribution is 2.24. The molecular formula is C24H21F5N6S. The van der Waals surface area contributed by atoms with Gasteiger partial charge in [-0.25, -0.2) is 22.0 Å². The van der Waals surface area contributed by atoms with Crippen molar-refractivity contribution in [3.05, 3.63) is 93.7 Å². The van der Waals surface area contributed by atoms with E-state index in [0.717, 1.165) is 21.6 Å². The maximum Gasteiger partial charge on any atom is 0.200 e. The molecule has 2 aromatic carbocycles. The van der Waals surface area contributed by atoms with Crippen molar-refractivity contribution in [2.75, 3.05) is 10.6 Å². The Kier molecular flexibility index (Phi) is 7.07. The van der Waals surface area contributed by atoms with E-state index < -0.39 is 41.2 Å². The molecule has 4 rings (SSSR count). The number of aryl methyl sites for hydroxylation is 2. The Labute approximate surface area is 208 Å². The zero-order valence-corrected chi connectivity index (χ0v) is 20.3. The monoisotopic (exact) mass is 520 g/mol. The number of benzene rings is 2. The summed E-state index contributed by atoms with van der Waals surface area (Å²) < 4.78 is 71.0. The largest absolute Gasteiger partial charge is 0.329 e. The molecule has 0 saturated heterocycles. The highest BCUT2D eigenvalue weighted by molar-refractivity contribution is 7.80. The Morgan fingerprint density at radius 2 is 1.42 bits per heavy atom. The Morgan fingerprint density at radius 1 is 0.806 bits per heavy atom. The fraction of sp³-hybridized carbons (Fsp3) is 0.208. The number of anilines is 2. The van der Waals surface area contributed by atoms with E-state index in [1.165, 1.54) is 17.8 Å². The minimum atomic E-state index is -2.21. The third-order valence-corrected chi connectivity index (χ3v) is 5.78. The van der Waals surface area contributed by atoms with Crippen molar-refractivity contribution in [3.63, 3.8) is 0 Å². The molecule has 2 aromatic heterocycles. The van der Waals surface area contributed by atoms with Gasteiger partial charge in [0.05, 0.1) is 35.7 Å². The van der Waals surface area contributed by atoms with E-state index in [9.17, 15) is 22.0 Å². The van der Waals surface area contributed by atoms with E-state index in [4.69, 9.17) is 12.2 Å². The van der Waals surface area contributed by atoms with Gasteiger partial charge in [-0.3, -0.25) is 9.36 Å². The third kappa shape index (κ3) is 5.08. The summed E-state index contributed by atoms with van der Waals surface area (Å²) in [7, 11) is 0. The summed E-state index contributed by atoms with van der Waals surface area (Å²) in [5.74, 6) is -9.81. The number of rotatable bonds is 6. The number of nitrogens with one attached hydrogen (secondary N) is 2. The lowest BCUT2D eigenvalue weighted by Gasteiger charge is -2.10. The van der Waals surface area contributed by atoms with Gasteiger partial charge >= 0.3 is 0 Å². The molecule has 0 atom stereocenters. The molecule has 0 bridgehead atoms. The van der Waals surface area contributed by atoms with Crippen LogP contribution in [-0.2, 0) is 13.1 Å². The van der Waals surface area contributed by atoms with E-state index in [-0.39, 0.29) is 10.9 Å². The molecule has 6 nitrogen and oxygen atoms in total. The Bertz CT molecular complexity index is 1420. The van der Waals surface area contributed by atoms with Gasteiger partial charge in [0.2, 0.25) is 5.82 Å². The number of hydrogen-bond acceptors (Lipinski definition) is 3. The standard InChI is InChI=1S/C24H21F5N6S/c1-12-4-6-15(7-5-12)10-35-14(3)23(13(2)32-35)31-24(36)30-17-8-9-34(33-17)11-16-18(25)20(27)22(29)21(28)19(16)26/h4-9H,10-11H2,1-3H3,(H2,30,31,33,36). The molecule has 0 unspecified atom stereocenters. The first kappa shape index (κ1) is 25.3. The second-order valence-electron chi connectivity index (χ2n) is 8.22. The molecule has 0 spiro atoms. The van der Waals surface area contributed by atoms with E-state index >= 15 is 0 Å². The molecule has 0 radical (unpaired) electrons. The van der Waals surface area contributed by atoms with Crippen molar-refractivity contribution in [2.45, 2.75) is 33.9 Å². The van der Waals surface area contributed by atoms with Crippen LogP contribution in [-0.4, -0.2) is 24.7 Å². The van der Waals surface area contributed by atoms with Crippen molar-refractivity contribution in [1.29, 1.82) is 0 Å². The van der Waals surface area contributed by atoms with E-state index in [1.54, 1.807) is 0 Å². The van der Waals surface area contributed by atoms with Crippen LogP contribution in [0.1, 0.15) is 28.1 Å².